The van der Waals surface area contributed by atoms with Crippen molar-refractivity contribution in [2.24, 2.45) is 13.0 Å². The lowest BCUT2D eigenvalue weighted by Gasteiger charge is -2.23. The summed E-state index contributed by atoms with van der Waals surface area (Å²) < 4.78 is 12.0. The van der Waals surface area contributed by atoms with Crippen molar-refractivity contribution in [2.45, 2.75) is 38.8 Å². The number of rotatable bonds is 10. The molecule has 3 rings (SSSR count). The minimum absolute atomic E-state index is 0.117. The van der Waals surface area contributed by atoms with E-state index in [-0.39, 0.29) is 12.3 Å². The number of nitrogens with zero attached hydrogens (tertiary/aromatic N) is 2. The minimum atomic E-state index is -0.934. The Balaban J connectivity index is 1.77. The standard InChI is InChI=1S/C24H31N5O5/c1-14(2)9-18(22(30)28-20(24(32)34-5)10-15-12-29(3)13-25-15)27-23(31)19-11-16-17(26-19)7-6-8-21(16)33-4/h6-8,11-14,18,20,26H,9-10H2,1-5H3,(H,27,31)(H,28,30). The number of carbonyl (C=O) groups excluding carboxylic acids is 3. The van der Waals surface area contributed by atoms with Crippen LogP contribution >= 0.6 is 0 Å². The maximum atomic E-state index is 13.2. The predicted molar refractivity (Wildman–Crippen MR) is 126 cm³/mol. The molecule has 2 amide bonds. The molecule has 2 heterocycles. The third kappa shape index (κ3) is 5.94. The fourth-order valence-corrected chi connectivity index (χ4v) is 3.76. The monoisotopic (exact) mass is 469 g/mol. The number of hydrogen-bond acceptors (Lipinski definition) is 6. The molecular weight excluding hydrogens is 438 g/mol. The Morgan fingerprint density at radius 3 is 2.53 bits per heavy atom. The van der Waals surface area contributed by atoms with Gasteiger partial charge in [-0.15, -0.1) is 0 Å². The molecule has 0 fully saturated rings. The van der Waals surface area contributed by atoms with E-state index >= 15 is 0 Å². The van der Waals surface area contributed by atoms with Crippen molar-refractivity contribution < 1.29 is 23.9 Å². The van der Waals surface area contributed by atoms with E-state index in [0.717, 1.165) is 10.9 Å². The van der Waals surface area contributed by atoms with Crippen LogP contribution in [0.1, 0.15) is 36.5 Å². The van der Waals surface area contributed by atoms with Gasteiger partial charge >= 0.3 is 5.97 Å². The summed E-state index contributed by atoms with van der Waals surface area (Å²) in [5, 5.41) is 6.29. The number of amides is 2. The number of benzene rings is 1. The van der Waals surface area contributed by atoms with Gasteiger partial charge in [0.1, 0.15) is 23.5 Å². The van der Waals surface area contributed by atoms with E-state index in [1.54, 1.807) is 36.3 Å². The van der Waals surface area contributed by atoms with Crippen LogP contribution in [0.3, 0.4) is 0 Å². The number of fused-ring (bicyclic) bond motifs is 1. The van der Waals surface area contributed by atoms with Crippen molar-refractivity contribution in [3.8, 4) is 5.75 Å². The first-order chi connectivity index (χ1) is 16.2. The van der Waals surface area contributed by atoms with Crippen LogP contribution in [-0.2, 0) is 27.8 Å². The summed E-state index contributed by atoms with van der Waals surface area (Å²) in [5.74, 6) is -0.734. The molecule has 182 valence electrons. The van der Waals surface area contributed by atoms with Crippen LogP contribution < -0.4 is 15.4 Å². The van der Waals surface area contributed by atoms with Crippen molar-refractivity contribution in [3.05, 3.63) is 48.2 Å². The van der Waals surface area contributed by atoms with Crippen LogP contribution in [0.2, 0.25) is 0 Å². The number of methoxy groups -OCH3 is 2. The zero-order chi connectivity index (χ0) is 24.8. The molecular formula is C24H31N5O5. The molecule has 0 saturated heterocycles. The first-order valence-corrected chi connectivity index (χ1v) is 11.0. The molecule has 1 aromatic carbocycles. The van der Waals surface area contributed by atoms with Crippen LogP contribution in [0, 0.1) is 5.92 Å². The quantitative estimate of drug-likeness (QED) is 0.390. The number of aryl methyl sites for hydroxylation is 1. The maximum absolute atomic E-state index is 13.2. The van der Waals surface area contributed by atoms with E-state index in [9.17, 15) is 14.4 Å². The van der Waals surface area contributed by atoms with Crippen LogP contribution in [0.15, 0.2) is 36.8 Å². The lowest BCUT2D eigenvalue weighted by atomic mass is 10.0. The fourth-order valence-electron chi connectivity index (χ4n) is 3.76. The molecule has 2 atom stereocenters. The van der Waals surface area contributed by atoms with Gasteiger partial charge in [0, 0.05) is 30.6 Å². The number of H-pyrrole nitrogens is 1. The summed E-state index contributed by atoms with van der Waals surface area (Å²) in [4.78, 5) is 45.8. The second-order valence-corrected chi connectivity index (χ2v) is 8.58. The Bertz CT molecular complexity index is 1170. The Hall–Kier alpha value is -3.82. The van der Waals surface area contributed by atoms with E-state index in [1.807, 2.05) is 33.0 Å². The zero-order valence-electron chi connectivity index (χ0n) is 20.0. The summed E-state index contributed by atoms with van der Waals surface area (Å²) in [6.45, 7) is 3.90. The Kier molecular flexibility index (Phi) is 7.93. The molecule has 3 aromatic rings. The number of imidazole rings is 1. The Labute approximate surface area is 198 Å². The topological polar surface area (TPSA) is 127 Å². The number of aromatic nitrogens is 3. The highest BCUT2D eigenvalue weighted by atomic mass is 16.5. The maximum Gasteiger partial charge on any atom is 0.328 e. The van der Waals surface area contributed by atoms with Gasteiger partial charge in [0.2, 0.25) is 5.91 Å². The number of ether oxygens (including phenoxy) is 2. The largest absolute Gasteiger partial charge is 0.496 e. The minimum Gasteiger partial charge on any atom is -0.496 e. The SMILES string of the molecule is COC(=O)C(Cc1cn(C)cn1)NC(=O)C(CC(C)C)NC(=O)c1cc2c(OC)cccc2[nH]1. The van der Waals surface area contributed by atoms with Gasteiger partial charge < -0.3 is 29.7 Å². The van der Waals surface area contributed by atoms with Crippen LogP contribution in [0.4, 0.5) is 0 Å². The highest BCUT2D eigenvalue weighted by Crippen LogP contribution is 2.26. The lowest BCUT2D eigenvalue weighted by Crippen LogP contribution is -2.53. The molecule has 10 heteroatoms. The van der Waals surface area contributed by atoms with Crippen molar-refractivity contribution in [1.29, 1.82) is 0 Å². The normalized spacial score (nSPS) is 12.9. The molecule has 2 unspecified atom stereocenters. The van der Waals surface area contributed by atoms with E-state index in [2.05, 4.69) is 20.6 Å². The number of esters is 1. The van der Waals surface area contributed by atoms with Gasteiger partial charge in [-0.25, -0.2) is 9.78 Å². The lowest BCUT2D eigenvalue weighted by molar-refractivity contribution is -0.145. The highest BCUT2D eigenvalue weighted by Gasteiger charge is 2.29. The molecule has 10 nitrogen and oxygen atoms in total. The smallest absolute Gasteiger partial charge is 0.328 e. The summed E-state index contributed by atoms with van der Waals surface area (Å²) in [5.41, 5.74) is 1.68. The van der Waals surface area contributed by atoms with Gasteiger partial charge in [-0.2, -0.15) is 0 Å². The zero-order valence-corrected chi connectivity index (χ0v) is 20.0. The van der Waals surface area contributed by atoms with Crippen LogP contribution in [-0.4, -0.2) is 58.6 Å². The Morgan fingerprint density at radius 1 is 1.15 bits per heavy atom. The molecule has 0 aliphatic rings. The number of carbonyl (C=O) groups is 3. The molecule has 0 saturated carbocycles. The number of hydrogen-bond donors (Lipinski definition) is 3. The average Bonchev–Trinajstić information content (AvgIpc) is 3.42. The van der Waals surface area contributed by atoms with Gasteiger partial charge in [0.05, 0.1) is 26.2 Å². The van der Waals surface area contributed by atoms with Gasteiger partial charge in [0.25, 0.3) is 5.91 Å². The van der Waals surface area contributed by atoms with E-state index < -0.39 is 29.9 Å². The predicted octanol–water partition coefficient (Wildman–Crippen LogP) is 1.95. The van der Waals surface area contributed by atoms with Crippen molar-refractivity contribution >= 4 is 28.7 Å². The van der Waals surface area contributed by atoms with Crippen molar-refractivity contribution in [1.82, 2.24) is 25.2 Å². The number of nitrogens with one attached hydrogen (secondary N) is 3. The van der Waals surface area contributed by atoms with E-state index in [4.69, 9.17) is 9.47 Å². The van der Waals surface area contributed by atoms with E-state index in [0.29, 0.717) is 23.6 Å². The third-order valence-electron chi connectivity index (χ3n) is 5.39. The second kappa shape index (κ2) is 10.9. The average molecular weight is 470 g/mol. The first kappa shape index (κ1) is 24.8. The molecule has 0 spiro atoms. The third-order valence-corrected chi connectivity index (χ3v) is 5.39. The second-order valence-electron chi connectivity index (χ2n) is 8.58. The van der Waals surface area contributed by atoms with Crippen molar-refractivity contribution in [3.63, 3.8) is 0 Å². The van der Waals surface area contributed by atoms with Crippen molar-refractivity contribution in [2.75, 3.05) is 14.2 Å². The Morgan fingerprint density at radius 2 is 1.91 bits per heavy atom. The summed E-state index contributed by atoms with van der Waals surface area (Å²) in [7, 11) is 4.64. The molecule has 2 aromatic heterocycles. The van der Waals surface area contributed by atoms with E-state index in [1.165, 1.54) is 7.11 Å². The van der Waals surface area contributed by atoms with Crippen LogP contribution in [0.25, 0.3) is 10.9 Å². The highest BCUT2D eigenvalue weighted by molar-refractivity contribution is 6.01. The molecule has 0 bridgehead atoms. The molecule has 0 aliphatic heterocycles. The number of aromatic amines is 1. The summed E-state index contributed by atoms with van der Waals surface area (Å²) in [6.07, 6.45) is 3.93. The molecule has 34 heavy (non-hydrogen) atoms. The van der Waals surface area contributed by atoms with Gasteiger partial charge in [-0.3, -0.25) is 9.59 Å². The van der Waals surface area contributed by atoms with Gasteiger partial charge in [-0.1, -0.05) is 19.9 Å². The fraction of sp³-hybridized carbons (Fsp3) is 0.417. The van der Waals surface area contributed by atoms with Gasteiger partial charge in [-0.05, 0) is 30.5 Å². The molecule has 3 N–H and O–H groups in total. The summed E-state index contributed by atoms with van der Waals surface area (Å²) in [6, 6.07) is 5.37. The first-order valence-electron chi connectivity index (χ1n) is 11.0. The van der Waals surface area contributed by atoms with Gasteiger partial charge in [0.15, 0.2) is 0 Å². The molecule has 0 radical (unpaired) electrons. The molecule has 0 aliphatic carbocycles. The summed E-state index contributed by atoms with van der Waals surface area (Å²) >= 11 is 0. The van der Waals surface area contributed by atoms with Crippen LogP contribution in [0.5, 0.6) is 5.75 Å².